The normalized spacial score (nSPS) is 16.1. The van der Waals surface area contributed by atoms with Gasteiger partial charge in [0, 0.05) is 11.1 Å². The van der Waals surface area contributed by atoms with Crippen LogP contribution >= 0.6 is 16.0 Å². The zero-order valence-corrected chi connectivity index (χ0v) is 7.16. The molecule has 9 heteroatoms. The van der Waals surface area contributed by atoms with Gasteiger partial charge in [-0.05, 0) is 4.31 Å². The quantitative estimate of drug-likeness (QED) is 0.480. The molecule has 0 bridgehead atoms. The average Bonchev–Trinajstić information content (AvgIpc) is 1.81. The minimum atomic E-state index is -4.21. The summed E-state index contributed by atoms with van der Waals surface area (Å²) in [6, 6.07) is 0. The van der Waals surface area contributed by atoms with Gasteiger partial charge in [-0.3, -0.25) is 0 Å². The van der Waals surface area contributed by atoms with Crippen LogP contribution in [0.1, 0.15) is 7.43 Å². The molecule has 0 fully saturated rings. The molecule has 0 aliphatic carbocycles. The molecule has 2 unspecified atom stereocenters. The highest BCUT2D eigenvalue weighted by Gasteiger charge is 2.31. The number of nitrogens with one attached hydrogen (secondary N) is 1. The van der Waals surface area contributed by atoms with Crippen molar-refractivity contribution in [2.45, 2.75) is 7.43 Å². The Balaban J connectivity index is 0. The lowest BCUT2D eigenvalue weighted by Gasteiger charge is -2.02. The molecule has 0 aromatic carbocycles. The van der Waals surface area contributed by atoms with E-state index < -0.39 is 16.0 Å². The van der Waals surface area contributed by atoms with E-state index in [0.29, 0.717) is 0 Å². The van der Waals surface area contributed by atoms with Crippen molar-refractivity contribution in [1.82, 2.24) is 5.09 Å². The van der Waals surface area contributed by atoms with Crippen LogP contribution in [-0.4, -0.2) is 28.0 Å². The third kappa shape index (κ3) is 8.23. The molecule has 0 aromatic heterocycles. The highest BCUT2D eigenvalue weighted by atomic mass is 31.2. The van der Waals surface area contributed by atoms with Gasteiger partial charge in [0.15, 0.2) is 0 Å². The molecule has 7 nitrogen and oxygen atoms in total. The molecular weight excluding hydrogens is 208 g/mol. The average molecular weight is 220 g/mol. The molecule has 0 saturated carbocycles. The third-order valence-electron chi connectivity index (χ3n) is 0.604. The number of aliphatic hydroxyl groups excluding tert-OH is 1. The van der Waals surface area contributed by atoms with Crippen LogP contribution in [0.15, 0.2) is 0 Å². The molecule has 12 heavy (non-hydrogen) atoms. The smallest absolute Gasteiger partial charge is 0.395 e. The second-order valence-corrected chi connectivity index (χ2v) is 3.96. The van der Waals surface area contributed by atoms with E-state index in [0.717, 1.165) is 0 Å². The largest absolute Gasteiger partial charge is 0.704 e. The maximum atomic E-state index is 10.6. The zero-order chi connectivity index (χ0) is 8.91. The first kappa shape index (κ1) is 14.6. The maximum Gasteiger partial charge on any atom is 0.704 e. The van der Waals surface area contributed by atoms with Crippen LogP contribution in [-0.2, 0) is 13.4 Å². The lowest BCUT2D eigenvalue weighted by atomic mass is 10.8. The topological polar surface area (TPSA) is 116 Å². The van der Waals surface area contributed by atoms with Gasteiger partial charge in [0.25, 0.3) is 0 Å². The van der Waals surface area contributed by atoms with E-state index in [1.54, 1.807) is 0 Å². The summed E-state index contributed by atoms with van der Waals surface area (Å²) < 4.78 is 24.1. The fourth-order valence-electron chi connectivity index (χ4n) is 0.315. The Morgan fingerprint density at radius 2 is 2.08 bits per heavy atom. The summed E-state index contributed by atoms with van der Waals surface area (Å²) in [5.41, 5.74) is 0. The van der Waals surface area contributed by atoms with Crippen LogP contribution in [0.5, 0.6) is 0 Å². The first-order valence-electron chi connectivity index (χ1n) is 2.52. The molecule has 0 heterocycles. The first-order chi connectivity index (χ1) is 4.98. The van der Waals surface area contributed by atoms with E-state index in [1.807, 2.05) is 5.09 Å². The van der Waals surface area contributed by atoms with Crippen molar-refractivity contribution in [3.63, 3.8) is 0 Å². The van der Waals surface area contributed by atoms with Crippen molar-refractivity contribution in [3.8, 4) is 0 Å². The summed E-state index contributed by atoms with van der Waals surface area (Å²) in [4.78, 5) is 16.6. The Morgan fingerprint density at radius 1 is 1.58 bits per heavy atom. The molecule has 0 radical (unpaired) electrons. The van der Waals surface area contributed by atoms with Gasteiger partial charge in [0.2, 0.25) is 0 Å². The lowest BCUT2D eigenvalue weighted by molar-refractivity contribution is 0.288. The van der Waals surface area contributed by atoms with E-state index in [-0.39, 0.29) is 20.6 Å². The van der Waals surface area contributed by atoms with Crippen LogP contribution in [0, 0.1) is 0 Å². The van der Waals surface area contributed by atoms with E-state index in [1.165, 1.54) is 0 Å². The third-order valence-corrected chi connectivity index (χ3v) is 2.67. The fourth-order valence-corrected chi connectivity index (χ4v) is 1.69. The minimum absolute atomic E-state index is 0. The van der Waals surface area contributed by atoms with Crippen LogP contribution in [0.25, 0.3) is 0 Å². The minimum Gasteiger partial charge on any atom is -0.395 e. The zero-order valence-electron chi connectivity index (χ0n) is 5.38. The van der Waals surface area contributed by atoms with Gasteiger partial charge in [-0.15, -0.1) is 4.89 Å². The first-order valence-corrected chi connectivity index (χ1v) is 5.23. The van der Waals surface area contributed by atoms with E-state index in [2.05, 4.69) is 4.31 Å². The molecule has 4 N–H and O–H groups in total. The van der Waals surface area contributed by atoms with Gasteiger partial charge in [-0.1, -0.05) is 7.43 Å². The molecule has 0 aliphatic rings. The molecular formula is C3H12NO6P2+. The van der Waals surface area contributed by atoms with Gasteiger partial charge in [-0.2, -0.15) is 0 Å². The highest BCUT2D eigenvalue weighted by molar-refractivity contribution is 7.58. The molecule has 0 spiro atoms. The summed E-state index contributed by atoms with van der Waals surface area (Å²) in [7, 11) is -7.32. The van der Waals surface area contributed by atoms with Gasteiger partial charge in [-0.25, -0.2) is 9.65 Å². The monoisotopic (exact) mass is 220 g/mol. The van der Waals surface area contributed by atoms with Gasteiger partial charge in [0.1, 0.15) is 0 Å². The molecule has 0 aromatic rings. The van der Waals surface area contributed by atoms with Crippen LogP contribution in [0.2, 0.25) is 0 Å². The highest BCUT2D eigenvalue weighted by Crippen LogP contribution is 2.45. The summed E-state index contributed by atoms with van der Waals surface area (Å²) in [5, 5.41) is 10.0. The van der Waals surface area contributed by atoms with Crippen molar-refractivity contribution in [3.05, 3.63) is 0 Å². The summed E-state index contributed by atoms with van der Waals surface area (Å²) in [5.74, 6) is 0. The second kappa shape index (κ2) is 6.62. The maximum absolute atomic E-state index is 10.6. The summed E-state index contributed by atoms with van der Waals surface area (Å²) in [6.45, 7) is -0.549. The SMILES string of the molecule is C.O=[P+](O)OP(=O)(O)NCCO. The summed E-state index contributed by atoms with van der Waals surface area (Å²) in [6.07, 6.45) is 0. The Hall–Kier alpha value is 0.130. The van der Waals surface area contributed by atoms with Gasteiger partial charge < -0.3 is 10.00 Å². The van der Waals surface area contributed by atoms with Crippen molar-refractivity contribution in [1.29, 1.82) is 0 Å². The number of aliphatic hydroxyl groups is 1. The standard InChI is InChI=1S/C2H7NO6P2.CH4/c4-2-1-3-11(7,8)9-10(5)6;/h4H,1-2H2,(H2-,3,5,6,7,8);1H4/p+1. The molecule has 0 rings (SSSR count). The van der Waals surface area contributed by atoms with E-state index >= 15 is 0 Å². The molecule has 2 atom stereocenters. The Bertz CT molecular complexity index is 184. The molecule has 0 aliphatic heterocycles. The molecule has 0 amide bonds. The van der Waals surface area contributed by atoms with E-state index in [9.17, 15) is 9.13 Å². The molecule has 74 valence electrons. The van der Waals surface area contributed by atoms with Gasteiger partial charge >= 0.3 is 16.0 Å². The van der Waals surface area contributed by atoms with Crippen molar-refractivity contribution < 1.29 is 28.3 Å². The number of hydrogen-bond acceptors (Lipinski definition) is 4. The van der Waals surface area contributed by atoms with Crippen LogP contribution in [0.3, 0.4) is 0 Å². The predicted octanol–water partition coefficient (Wildman–Crippen LogP) is -0.0289. The van der Waals surface area contributed by atoms with E-state index in [4.69, 9.17) is 14.9 Å². The Kier molecular flexibility index (Phi) is 8.08. The van der Waals surface area contributed by atoms with Crippen molar-refractivity contribution >= 4 is 16.0 Å². The van der Waals surface area contributed by atoms with Crippen molar-refractivity contribution in [2.24, 2.45) is 0 Å². The Labute approximate surface area is 70.9 Å². The van der Waals surface area contributed by atoms with Crippen LogP contribution in [0.4, 0.5) is 0 Å². The second-order valence-electron chi connectivity index (χ2n) is 1.47. The van der Waals surface area contributed by atoms with Gasteiger partial charge in [0.05, 0.1) is 6.61 Å². The Morgan fingerprint density at radius 3 is 2.42 bits per heavy atom. The molecule has 0 saturated heterocycles. The van der Waals surface area contributed by atoms with Crippen molar-refractivity contribution in [2.75, 3.05) is 13.2 Å². The fraction of sp³-hybridized carbons (Fsp3) is 1.00. The number of hydrogen-bond donors (Lipinski definition) is 4. The number of rotatable bonds is 5. The summed E-state index contributed by atoms with van der Waals surface area (Å²) >= 11 is 0. The van der Waals surface area contributed by atoms with Crippen LogP contribution < -0.4 is 5.09 Å². The predicted molar refractivity (Wildman–Crippen MR) is 42.6 cm³/mol. The lowest BCUT2D eigenvalue weighted by Crippen LogP contribution is -2.14.